The number of likely N-dealkylation sites (tertiary alicyclic amines) is 1. The van der Waals surface area contributed by atoms with Crippen LogP contribution in [0.1, 0.15) is 24.8 Å². The Bertz CT molecular complexity index is 900. The fourth-order valence-corrected chi connectivity index (χ4v) is 3.83. The Labute approximate surface area is 180 Å². The van der Waals surface area contributed by atoms with Crippen LogP contribution in [0.4, 0.5) is 5.69 Å². The van der Waals surface area contributed by atoms with Crippen molar-refractivity contribution < 1.29 is 24.0 Å². The first-order valence-electron chi connectivity index (χ1n) is 10.3. The molecule has 0 spiro atoms. The Morgan fingerprint density at radius 3 is 2.52 bits per heavy atom. The molecule has 0 saturated carbocycles. The molecule has 0 unspecified atom stereocenters. The van der Waals surface area contributed by atoms with E-state index in [-0.39, 0.29) is 30.7 Å². The maximum Gasteiger partial charge on any atom is 0.306 e. The number of nitro benzene ring substituents is 1. The minimum absolute atomic E-state index is 0.0101. The molecule has 1 amide bonds. The van der Waals surface area contributed by atoms with Crippen molar-refractivity contribution in [2.24, 2.45) is 5.92 Å². The lowest BCUT2D eigenvalue weighted by atomic mass is 10.0. The van der Waals surface area contributed by atoms with Crippen LogP contribution in [0.2, 0.25) is 0 Å². The third kappa shape index (κ3) is 6.04. The average molecular weight is 426 g/mol. The van der Waals surface area contributed by atoms with Crippen LogP contribution in [0, 0.1) is 16.0 Å². The van der Waals surface area contributed by atoms with E-state index in [2.05, 4.69) is 12.1 Å². The number of rotatable bonds is 10. The molecule has 31 heavy (non-hydrogen) atoms. The molecular weight excluding hydrogens is 400 g/mol. The van der Waals surface area contributed by atoms with Crippen LogP contribution in [0.3, 0.4) is 0 Å². The number of methoxy groups -OCH3 is 1. The Balaban J connectivity index is 1.62. The Morgan fingerprint density at radius 2 is 1.87 bits per heavy atom. The molecule has 2 atom stereocenters. The zero-order chi connectivity index (χ0) is 22.2. The molecule has 2 aromatic carbocycles. The molecule has 1 heterocycles. The highest BCUT2D eigenvalue weighted by atomic mass is 16.6. The molecule has 8 heteroatoms. The van der Waals surface area contributed by atoms with Crippen molar-refractivity contribution in [1.82, 2.24) is 4.90 Å². The highest BCUT2D eigenvalue weighted by Gasteiger charge is 2.40. The molecule has 0 radical (unpaired) electrons. The average Bonchev–Trinajstić information content (AvgIpc) is 3.07. The SMILES string of the molecule is COC(=O)C[C@@H]1C[C@@H](COc2ccc([N+](=O)[O-])cc2)N(CCCc2ccccc2)C1=O. The molecule has 8 nitrogen and oxygen atoms in total. The van der Waals surface area contributed by atoms with Crippen molar-refractivity contribution in [1.29, 1.82) is 0 Å². The van der Waals surface area contributed by atoms with Gasteiger partial charge < -0.3 is 14.4 Å². The predicted octanol–water partition coefficient (Wildman–Crippen LogP) is 3.39. The normalized spacial score (nSPS) is 18.1. The number of carbonyl (C=O) groups is 2. The van der Waals surface area contributed by atoms with E-state index in [4.69, 9.17) is 9.47 Å². The molecule has 0 bridgehead atoms. The molecular formula is C23H26N2O6. The van der Waals surface area contributed by atoms with Crippen molar-refractivity contribution in [2.75, 3.05) is 20.3 Å². The molecule has 1 aliphatic rings. The van der Waals surface area contributed by atoms with Gasteiger partial charge >= 0.3 is 5.97 Å². The van der Waals surface area contributed by atoms with Crippen LogP contribution in [-0.4, -0.2) is 48.0 Å². The van der Waals surface area contributed by atoms with E-state index in [1.807, 2.05) is 18.2 Å². The summed E-state index contributed by atoms with van der Waals surface area (Å²) in [7, 11) is 1.31. The lowest BCUT2D eigenvalue weighted by Gasteiger charge is -2.25. The summed E-state index contributed by atoms with van der Waals surface area (Å²) < 4.78 is 10.5. The van der Waals surface area contributed by atoms with Crippen LogP contribution in [0.5, 0.6) is 5.75 Å². The highest BCUT2D eigenvalue weighted by molar-refractivity contribution is 5.85. The predicted molar refractivity (Wildman–Crippen MR) is 114 cm³/mol. The molecule has 0 N–H and O–H groups in total. The molecule has 1 fully saturated rings. The Morgan fingerprint density at radius 1 is 1.16 bits per heavy atom. The molecule has 1 saturated heterocycles. The number of ether oxygens (including phenoxy) is 2. The van der Waals surface area contributed by atoms with Gasteiger partial charge in [-0.3, -0.25) is 19.7 Å². The molecule has 0 aromatic heterocycles. The van der Waals surface area contributed by atoms with Gasteiger partial charge in [0.05, 0.1) is 30.4 Å². The second-order valence-electron chi connectivity index (χ2n) is 7.55. The maximum absolute atomic E-state index is 12.9. The third-order valence-corrected chi connectivity index (χ3v) is 5.47. The summed E-state index contributed by atoms with van der Waals surface area (Å²) in [6.45, 7) is 0.826. The second kappa shape index (κ2) is 10.6. The van der Waals surface area contributed by atoms with Crippen LogP contribution < -0.4 is 4.74 Å². The first-order valence-corrected chi connectivity index (χ1v) is 10.3. The molecule has 164 valence electrons. The number of hydrogen-bond acceptors (Lipinski definition) is 6. The number of benzene rings is 2. The van der Waals surface area contributed by atoms with Gasteiger partial charge in [0.25, 0.3) is 5.69 Å². The topological polar surface area (TPSA) is 99.0 Å². The number of aryl methyl sites for hydroxylation is 1. The van der Waals surface area contributed by atoms with E-state index in [1.165, 1.54) is 24.8 Å². The number of hydrogen-bond donors (Lipinski definition) is 0. The van der Waals surface area contributed by atoms with Crippen molar-refractivity contribution in [3.05, 3.63) is 70.3 Å². The molecule has 2 aromatic rings. The van der Waals surface area contributed by atoms with E-state index < -0.39 is 16.8 Å². The largest absolute Gasteiger partial charge is 0.491 e. The van der Waals surface area contributed by atoms with E-state index in [1.54, 1.807) is 17.0 Å². The zero-order valence-corrected chi connectivity index (χ0v) is 17.4. The number of nitrogens with zero attached hydrogens (tertiary/aromatic N) is 2. The van der Waals surface area contributed by atoms with E-state index >= 15 is 0 Å². The van der Waals surface area contributed by atoms with Crippen molar-refractivity contribution >= 4 is 17.6 Å². The highest BCUT2D eigenvalue weighted by Crippen LogP contribution is 2.29. The third-order valence-electron chi connectivity index (χ3n) is 5.47. The standard InChI is InChI=1S/C23H26N2O6/c1-30-22(26)15-18-14-20(16-31-21-11-9-19(10-12-21)25(28)29)24(23(18)27)13-5-8-17-6-3-2-4-7-17/h2-4,6-7,9-12,18,20H,5,8,13-16H2,1H3/t18-,20-/m0/s1. The zero-order valence-electron chi connectivity index (χ0n) is 17.4. The van der Waals surface area contributed by atoms with Crippen LogP contribution in [0.15, 0.2) is 54.6 Å². The molecule has 1 aliphatic heterocycles. The van der Waals surface area contributed by atoms with Gasteiger partial charge in [0, 0.05) is 18.7 Å². The van der Waals surface area contributed by atoms with Gasteiger partial charge in [-0.2, -0.15) is 0 Å². The van der Waals surface area contributed by atoms with Gasteiger partial charge in [0.15, 0.2) is 0 Å². The Hall–Kier alpha value is -3.42. The van der Waals surface area contributed by atoms with Crippen molar-refractivity contribution in [3.63, 3.8) is 0 Å². The summed E-state index contributed by atoms with van der Waals surface area (Å²) >= 11 is 0. The first-order chi connectivity index (χ1) is 15.0. The number of carbonyl (C=O) groups excluding carboxylic acids is 2. The van der Waals surface area contributed by atoms with Gasteiger partial charge in [-0.25, -0.2) is 0 Å². The summed E-state index contributed by atoms with van der Waals surface area (Å²) in [6.07, 6.45) is 2.21. The quantitative estimate of drug-likeness (QED) is 0.328. The van der Waals surface area contributed by atoms with Gasteiger partial charge in [-0.05, 0) is 37.0 Å². The summed E-state index contributed by atoms with van der Waals surface area (Å²) in [6, 6.07) is 15.7. The van der Waals surface area contributed by atoms with E-state index in [0.29, 0.717) is 18.7 Å². The lowest BCUT2D eigenvalue weighted by Crippen LogP contribution is -2.38. The monoisotopic (exact) mass is 426 g/mol. The van der Waals surface area contributed by atoms with E-state index in [0.717, 1.165) is 12.8 Å². The van der Waals surface area contributed by atoms with Crippen LogP contribution in [0.25, 0.3) is 0 Å². The van der Waals surface area contributed by atoms with Gasteiger partial charge in [0.2, 0.25) is 5.91 Å². The van der Waals surface area contributed by atoms with E-state index in [9.17, 15) is 19.7 Å². The molecule has 3 rings (SSSR count). The van der Waals surface area contributed by atoms with Gasteiger partial charge in [0.1, 0.15) is 12.4 Å². The summed E-state index contributed by atoms with van der Waals surface area (Å²) in [5.41, 5.74) is 1.20. The smallest absolute Gasteiger partial charge is 0.306 e. The number of nitro groups is 1. The van der Waals surface area contributed by atoms with Gasteiger partial charge in [-0.1, -0.05) is 30.3 Å². The first kappa shape index (κ1) is 22.3. The second-order valence-corrected chi connectivity index (χ2v) is 7.55. The summed E-state index contributed by atoms with van der Waals surface area (Å²) in [5, 5.41) is 10.8. The number of esters is 1. The molecule has 0 aliphatic carbocycles. The number of non-ortho nitro benzene ring substituents is 1. The Kier molecular flexibility index (Phi) is 7.59. The number of amides is 1. The maximum atomic E-state index is 12.9. The fourth-order valence-electron chi connectivity index (χ4n) is 3.83. The van der Waals surface area contributed by atoms with Crippen molar-refractivity contribution in [2.45, 2.75) is 31.7 Å². The summed E-state index contributed by atoms with van der Waals surface area (Å²) in [5.74, 6) is -0.386. The lowest BCUT2D eigenvalue weighted by molar-refractivity contribution is -0.384. The fraction of sp³-hybridized carbons (Fsp3) is 0.391. The minimum atomic E-state index is -0.467. The van der Waals surface area contributed by atoms with Crippen LogP contribution >= 0.6 is 0 Å². The van der Waals surface area contributed by atoms with Crippen LogP contribution in [-0.2, 0) is 20.7 Å². The van der Waals surface area contributed by atoms with Gasteiger partial charge in [-0.15, -0.1) is 0 Å². The minimum Gasteiger partial charge on any atom is -0.491 e. The summed E-state index contributed by atoms with van der Waals surface area (Å²) in [4.78, 5) is 36.8. The van der Waals surface area contributed by atoms with Crippen molar-refractivity contribution in [3.8, 4) is 5.75 Å².